The number of piperazine rings is 1. The Morgan fingerprint density at radius 2 is 1.26 bits per heavy atom. The van der Waals surface area contributed by atoms with Crippen LogP contribution in [0.4, 0.5) is 0 Å². The summed E-state index contributed by atoms with van der Waals surface area (Å²) in [4.78, 5) is 7.41. The summed E-state index contributed by atoms with van der Waals surface area (Å²) in [5.41, 5.74) is 0. The van der Waals surface area contributed by atoms with Crippen molar-refractivity contribution in [3.05, 3.63) is 0 Å². The minimum Gasteiger partial charge on any atom is -1.00 e. The van der Waals surface area contributed by atoms with Crippen LogP contribution in [-0.4, -0.2) is 84.6 Å². The van der Waals surface area contributed by atoms with Gasteiger partial charge in [0.2, 0.25) is 0 Å². The first-order chi connectivity index (χ1) is 8.67. The molecule has 0 N–H and O–H groups in total. The lowest BCUT2D eigenvalue weighted by molar-refractivity contribution is -0.548. The van der Waals surface area contributed by atoms with Gasteiger partial charge in [-0.15, -0.1) is 0 Å². The largest absolute Gasteiger partial charge is 1.00 e. The number of likely N-dealkylation sites (N-methyl/N-ethyl adjacent to an activating group) is 1. The second-order valence-corrected chi connectivity index (χ2v) is 4.93. The molecule has 0 aromatic heterocycles. The summed E-state index contributed by atoms with van der Waals surface area (Å²) in [6.45, 7) is 18.0. The highest BCUT2D eigenvalue weighted by Crippen LogP contribution is 2.03. The standard InChI is InChI=1S/C14H31N4.ClH/c1-6-16(7-2)14(17(8-3)9-4)18-12-10-15(5)11-13-18;/h6-13H2,1-5H3;1H/q+1;/p-1. The molecule has 0 atom stereocenters. The number of nitrogens with zero attached hydrogens (tertiary/aromatic N) is 4. The quantitative estimate of drug-likeness (QED) is 0.439. The van der Waals surface area contributed by atoms with E-state index in [0.29, 0.717) is 0 Å². The number of guanidine groups is 1. The molecule has 1 aliphatic rings. The topological polar surface area (TPSA) is 12.7 Å². The van der Waals surface area contributed by atoms with Gasteiger partial charge in [0.15, 0.2) is 0 Å². The molecule has 4 nitrogen and oxygen atoms in total. The fourth-order valence-electron chi connectivity index (χ4n) is 2.62. The van der Waals surface area contributed by atoms with E-state index in [1.54, 1.807) is 0 Å². The van der Waals surface area contributed by atoms with E-state index in [1.165, 1.54) is 19.0 Å². The van der Waals surface area contributed by atoms with Crippen molar-refractivity contribution in [2.24, 2.45) is 0 Å². The Labute approximate surface area is 125 Å². The van der Waals surface area contributed by atoms with Gasteiger partial charge in [0.05, 0.1) is 39.3 Å². The molecule has 0 radical (unpaired) electrons. The first-order valence-corrected chi connectivity index (χ1v) is 7.48. The van der Waals surface area contributed by atoms with Crippen LogP contribution in [0.1, 0.15) is 27.7 Å². The molecule has 0 amide bonds. The zero-order valence-corrected chi connectivity index (χ0v) is 14.1. The molecule has 0 saturated carbocycles. The predicted molar refractivity (Wildman–Crippen MR) is 78.3 cm³/mol. The maximum Gasteiger partial charge on any atom is 0.350 e. The van der Waals surface area contributed by atoms with Crippen molar-refractivity contribution >= 4 is 5.96 Å². The molecule has 0 aromatic rings. The summed E-state index contributed by atoms with van der Waals surface area (Å²) >= 11 is 0. The van der Waals surface area contributed by atoms with E-state index in [-0.39, 0.29) is 12.4 Å². The number of halogens is 1. The van der Waals surface area contributed by atoms with E-state index in [4.69, 9.17) is 0 Å². The van der Waals surface area contributed by atoms with Gasteiger partial charge in [-0.2, -0.15) is 0 Å². The Bertz CT molecular complexity index is 249. The van der Waals surface area contributed by atoms with Crippen molar-refractivity contribution in [2.45, 2.75) is 27.7 Å². The van der Waals surface area contributed by atoms with E-state index in [9.17, 15) is 0 Å². The third-order valence-corrected chi connectivity index (χ3v) is 3.88. The van der Waals surface area contributed by atoms with Gasteiger partial charge < -0.3 is 17.3 Å². The van der Waals surface area contributed by atoms with Gasteiger partial charge in [-0.05, 0) is 34.7 Å². The lowest BCUT2D eigenvalue weighted by Gasteiger charge is -2.32. The van der Waals surface area contributed by atoms with Crippen molar-refractivity contribution in [3.8, 4) is 0 Å². The molecule has 0 unspecified atom stereocenters. The predicted octanol–water partition coefficient (Wildman–Crippen LogP) is -2.01. The lowest BCUT2D eigenvalue weighted by Crippen LogP contribution is -3.00. The van der Waals surface area contributed by atoms with Gasteiger partial charge >= 0.3 is 5.96 Å². The first kappa shape index (κ1) is 18.5. The van der Waals surface area contributed by atoms with Crippen LogP contribution in [0.15, 0.2) is 0 Å². The summed E-state index contributed by atoms with van der Waals surface area (Å²) < 4.78 is 2.57. The first-order valence-electron chi connectivity index (χ1n) is 7.48. The summed E-state index contributed by atoms with van der Waals surface area (Å²) in [5.74, 6) is 1.44. The van der Waals surface area contributed by atoms with Crippen molar-refractivity contribution in [3.63, 3.8) is 0 Å². The zero-order valence-electron chi connectivity index (χ0n) is 13.3. The summed E-state index contributed by atoms with van der Waals surface area (Å²) in [6, 6.07) is 0. The average Bonchev–Trinajstić information content (AvgIpc) is 2.40. The van der Waals surface area contributed by atoms with E-state index in [2.05, 4.69) is 54.0 Å². The lowest BCUT2D eigenvalue weighted by atomic mass is 10.3. The van der Waals surface area contributed by atoms with Crippen LogP contribution >= 0.6 is 0 Å². The molecular formula is C14H31ClN4. The Balaban J connectivity index is 0.00000324. The van der Waals surface area contributed by atoms with Crippen LogP contribution in [0, 0.1) is 0 Å². The monoisotopic (exact) mass is 290 g/mol. The molecule has 0 aromatic carbocycles. The maximum absolute atomic E-state index is 2.57. The van der Waals surface area contributed by atoms with Crippen LogP contribution in [0.2, 0.25) is 0 Å². The van der Waals surface area contributed by atoms with Gasteiger partial charge in [-0.25, -0.2) is 0 Å². The van der Waals surface area contributed by atoms with E-state index < -0.39 is 0 Å². The smallest absolute Gasteiger partial charge is 0.350 e. The van der Waals surface area contributed by atoms with Crippen LogP contribution in [0.25, 0.3) is 0 Å². The van der Waals surface area contributed by atoms with Crippen LogP contribution in [0.3, 0.4) is 0 Å². The number of rotatable bonds is 4. The van der Waals surface area contributed by atoms with Crippen LogP contribution < -0.4 is 12.4 Å². The van der Waals surface area contributed by atoms with Gasteiger partial charge in [-0.1, -0.05) is 0 Å². The molecule has 1 saturated heterocycles. The molecule has 0 aliphatic carbocycles. The second kappa shape index (κ2) is 9.43. The number of hydrogen-bond acceptors (Lipinski definition) is 1. The minimum atomic E-state index is 0. The SMILES string of the molecule is CCN(CC)C(N(CC)CC)=[N+]1CCN(C)CC1.[Cl-]. The minimum absolute atomic E-state index is 0. The van der Waals surface area contributed by atoms with E-state index in [0.717, 1.165) is 39.3 Å². The Hall–Kier alpha value is -0.480. The molecule has 1 rings (SSSR count). The Kier molecular flexibility index (Phi) is 9.19. The average molecular weight is 291 g/mol. The van der Waals surface area contributed by atoms with Gasteiger partial charge in [0.25, 0.3) is 0 Å². The second-order valence-electron chi connectivity index (χ2n) is 4.93. The highest BCUT2D eigenvalue weighted by Gasteiger charge is 2.27. The molecule has 19 heavy (non-hydrogen) atoms. The molecule has 0 bridgehead atoms. The third-order valence-electron chi connectivity index (χ3n) is 3.88. The fourth-order valence-corrected chi connectivity index (χ4v) is 2.62. The third kappa shape index (κ3) is 4.84. The van der Waals surface area contributed by atoms with Crippen LogP contribution in [0.5, 0.6) is 0 Å². The summed E-state index contributed by atoms with van der Waals surface area (Å²) in [5, 5.41) is 0. The zero-order chi connectivity index (χ0) is 13.5. The normalized spacial score (nSPS) is 15.9. The van der Waals surface area contributed by atoms with Crippen molar-refractivity contribution in [1.29, 1.82) is 0 Å². The molecule has 1 fully saturated rings. The number of hydrogen-bond donors (Lipinski definition) is 0. The Morgan fingerprint density at radius 1 is 0.895 bits per heavy atom. The van der Waals surface area contributed by atoms with E-state index in [1.807, 2.05) is 0 Å². The molecule has 5 heteroatoms. The van der Waals surface area contributed by atoms with Gasteiger partial charge in [0.1, 0.15) is 0 Å². The van der Waals surface area contributed by atoms with Crippen molar-refractivity contribution < 1.29 is 17.0 Å². The fraction of sp³-hybridized carbons (Fsp3) is 0.929. The summed E-state index contributed by atoms with van der Waals surface area (Å²) in [7, 11) is 2.21. The molecule has 114 valence electrons. The highest BCUT2D eigenvalue weighted by atomic mass is 35.5. The van der Waals surface area contributed by atoms with Crippen molar-refractivity contribution in [1.82, 2.24) is 14.7 Å². The molecule has 0 spiro atoms. The van der Waals surface area contributed by atoms with E-state index >= 15 is 0 Å². The summed E-state index contributed by atoms with van der Waals surface area (Å²) in [6.07, 6.45) is 0. The maximum atomic E-state index is 2.57. The Morgan fingerprint density at radius 3 is 1.58 bits per heavy atom. The molecule has 1 aliphatic heterocycles. The van der Waals surface area contributed by atoms with Crippen LogP contribution in [-0.2, 0) is 0 Å². The van der Waals surface area contributed by atoms with Gasteiger partial charge in [-0.3, -0.25) is 14.4 Å². The molecular weight excluding hydrogens is 260 g/mol. The molecule has 1 heterocycles. The van der Waals surface area contributed by atoms with Gasteiger partial charge in [0, 0.05) is 13.1 Å². The van der Waals surface area contributed by atoms with Crippen molar-refractivity contribution in [2.75, 3.05) is 59.4 Å². The highest BCUT2D eigenvalue weighted by molar-refractivity contribution is 5.75.